The van der Waals surface area contributed by atoms with Gasteiger partial charge in [0.05, 0.1) is 26.4 Å². The zero-order valence-corrected chi connectivity index (χ0v) is 23.0. The van der Waals surface area contributed by atoms with Crippen LogP contribution in [0, 0.1) is 11.8 Å². The summed E-state index contributed by atoms with van der Waals surface area (Å²) in [4.78, 5) is 41.7. The molecule has 40 heavy (non-hydrogen) atoms. The van der Waals surface area contributed by atoms with Crippen LogP contribution in [0.2, 0.25) is 0 Å². The van der Waals surface area contributed by atoms with Crippen LogP contribution in [0.1, 0.15) is 42.7 Å². The fraction of sp³-hybridized carbons (Fsp3) is 0.517. The van der Waals surface area contributed by atoms with Crippen LogP contribution >= 0.6 is 0 Å². The quantitative estimate of drug-likeness (QED) is 0.326. The van der Waals surface area contributed by atoms with Gasteiger partial charge in [0.1, 0.15) is 6.10 Å². The second-order valence-electron chi connectivity index (χ2n) is 9.96. The molecule has 2 heterocycles. The third kappa shape index (κ3) is 8.15. The van der Waals surface area contributed by atoms with Gasteiger partial charge in [-0.3, -0.25) is 9.59 Å². The molecule has 1 aliphatic carbocycles. The average Bonchev–Trinajstić information content (AvgIpc) is 3.77. The third-order valence-corrected chi connectivity index (χ3v) is 6.87. The molecule has 1 amide bonds. The number of aromatic nitrogens is 1. The van der Waals surface area contributed by atoms with E-state index in [9.17, 15) is 14.4 Å². The summed E-state index contributed by atoms with van der Waals surface area (Å²) in [6.07, 6.45) is 3.51. The summed E-state index contributed by atoms with van der Waals surface area (Å²) in [6, 6.07) is 10.4. The lowest BCUT2D eigenvalue weighted by atomic mass is 9.89. The maximum atomic E-state index is 13.3. The summed E-state index contributed by atoms with van der Waals surface area (Å²) >= 11 is 0. The molecule has 1 aliphatic heterocycles. The summed E-state index contributed by atoms with van der Waals surface area (Å²) in [5, 5.41) is 2.65. The molecule has 1 N–H and O–H groups in total. The Bertz CT molecular complexity index is 1160. The third-order valence-electron chi connectivity index (χ3n) is 6.87. The van der Waals surface area contributed by atoms with Gasteiger partial charge in [0.2, 0.25) is 6.79 Å². The van der Waals surface area contributed by atoms with Crippen LogP contribution in [0.4, 0.5) is 0 Å². The lowest BCUT2D eigenvalue weighted by Gasteiger charge is -2.31. The number of benzene rings is 1. The van der Waals surface area contributed by atoms with Gasteiger partial charge in [0, 0.05) is 31.7 Å². The number of pyridine rings is 1. The van der Waals surface area contributed by atoms with Crippen LogP contribution < -0.4 is 14.8 Å². The molecule has 11 nitrogen and oxygen atoms in total. The van der Waals surface area contributed by atoms with Gasteiger partial charge >= 0.3 is 11.9 Å². The van der Waals surface area contributed by atoms with Crippen molar-refractivity contribution in [3.05, 3.63) is 53.9 Å². The molecule has 11 heteroatoms. The summed E-state index contributed by atoms with van der Waals surface area (Å²) in [5.74, 6) is -1.33. The number of esters is 2. The molecule has 2 aromatic rings. The van der Waals surface area contributed by atoms with Crippen LogP contribution in [0.25, 0.3) is 0 Å². The number of carbonyl (C=O) groups is 3. The van der Waals surface area contributed by atoms with Crippen molar-refractivity contribution in [1.82, 2.24) is 10.3 Å². The summed E-state index contributed by atoms with van der Waals surface area (Å²) < 4.78 is 33.7. The Kier molecular flexibility index (Phi) is 10.3. The lowest BCUT2D eigenvalue weighted by Crippen LogP contribution is -2.46. The number of ether oxygens (including phenoxy) is 6. The van der Waals surface area contributed by atoms with Crippen molar-refractivity contribution in [3.8, 4) is 11.5 Å². The van der Waals surface area contributed by atoms with Gasteiger partial charge in [0.15, 0.2) is 23.2 Å². The Hall–Kier alpha value is -3.70. The molecule has 216 valence electrons. The van der Waals surface area contributed by atoms with E-state index in [1.807, 2.05) is 37.3 Å². The first-order chi connectivity index (χ1) is 19.4. The van der Waals surface area contributed by atoms with E-state index in [-0.39, 0.29) is 42.4 Å². The van der Waals surface area contributed by atoms with Crippen LogP contribution in [0.5, 0.6) is 11.5 Å². The highest BCUT2D eigenvalue weighted by molar-refractivity contribution is 5.98. The zero-order valence-electron chi connectivity index (χ0n) is 23.0. The van der Waals surface area contributed by atoms with Gasteiger partial charge in [-0.25, -0.2) is 9.78 Å². The molecule has 4 rings (SSSR count). The number of amides is 1. The molecule has 1 saturated carbocycles. The number of hydrogen-bond acceptors (Lipinski definition) is 10. The van der Waals surface area contributed by atoms with Gasteiger partial charge in [-0.1, -0.05) is 30.3 Å². The number of rotatable bonds is 11. The van der Waals surface area contributed by atoms with Crippen molar-refractivity contribution in [2.45, 2.75) is 51.4 Å². The normalized spacial score (nSPS) is 23.1. The van der Waals surface area contributed by atoms with Crippen molar-refractivity contribution in [1.29, 1.82) is 0 Å². The molecule has 2 fully saturated rings. The van der Waals surface area contributed by atoms with Gasteiger partial charge < -0.3 is 33.7 Å². The van der Waals surface area contributed by atoms with E-state index in [1.165, 1.54) is 26.3 Å². The van der Waals surface area contributed by atoms with Gasteiger partial charge in [-0.15, -0.1) is 0 Å². The molecule has 1 saturated heterocycles. The lowest BCUT2D eigenvalue weighted by molar-refractivity contribution is -0.155. The van der Waals surface area contributed by atoms with Gasteiger partial charge in [-0.05, 0) is 37.7 Å². The SMILES string of the molecule is COc1ccnc(C(=O)NC2COCC(OCC3CC3)C(Cc3ccccc3)C(C)OC2=O)c1OCOC(C)=O. The second kappa shape index (κ2) is 14.1. The molecular weight excluding hydrogens is 520 g/mol. The monoisotopic (exact) mass is 556 g/mol. The van der Waals surface area contributed by atoms with Crippen molar-refractivity contribution >= 4 is 17.8 Å². The summed E-state index contributed by atoms with van der Waals surface area (Å²) in [6.45, 7) is 3.38. The molecular formula is C29H36N2O9. The smallest absolute Gasteiger partial charge is 0.331 e. The minimum absolute atomic E-state index is 0.0362. The van der Waals surface area contributed by atoms with Crippen molar-refractivity contribution in [2.75, 3.05) is 33.7 Å². The standard InChI is InChI=1S/C29H36N2O9/c1-18-22(13-20-7-5-4-6-8-20)25(37-14-21-9-10-21)16-36-15-23(29(34)40-18)31-28(33)26-27(39-17-38-19(2)32)24(35-3)11-12-30-26/h4-8,11-12,18,21-23,25H,9-10,13-17H2,1-3H3,(H,31,33). The van der Waals surface area contributed by atoms with Gasteiger partial charge in [0.25, 0.3) is 5.91 Å². The number of nitrogens with zero attached hydrogens (tertiary/aromatic N) is 1. The zero-order chi connectivity index (χ0) is 28.5. The number of carbonyl (C=O) groups excluding carboxylic acids is 3. The van der Waals surface area contributed by atoms with Crippen LogP contribution in [0.3, 0.4) is 0 Å². The molecule has 2 aliphatic rings. The van der Waals surface area contributed by atoms with E-state index < -0.39 is 36.8 Å². The molecule has 4 unspecified atom stereocenters. The first-order valence-corrected chi connectivity index (χ1v) is 13.4. The predicted molar refractivity (Wildman–Crippen MR) is 142 cm³/mol. The average molecular weight is 557 g/mol. The fourth-order valence-electron chi connectivity index (χ4n) is 4.44. The molecule has 0 bridgehead atoms. The summed E-state index contributed by atoms with van der Waals surface area (Å²) in [7, 11) is 1.40. The van der Waals surface area contributed by atoms with Crippen molar-refractivity contribution in [3.63, 3.8) is 0 Å². The Labute approximate surface area is 233 Å². The number of cyclic esters (lactones) is 1. The van der Waals surface area contributed by atoms with E-state index in [1.54, 1.807) is 0 Å². The Morgan fingerprint density at radius 3 is 2.60 bits per heavy atom. The van der Waals surface area contributed by atoms with Crippen LogP contribution in [-0.2, 0) is 35.0 Å². The highest BCUT2D eigenvalue weighted by Gasteiger charge is 2.37. The second-order valence-corrected chi connectivity index (χ2v) is 9.96. The molecule has 0 spiro atoms. The highest BCUT2D eigenvalue weighted by Crippen LogP contribution is 2.32. The number of hydrogen-bond donors (Lipinski definition) is 1. The van der Waals surface area contributed by atoms with Crippen LogP contribution in [-0.4, -0.2) is 74.8 Å². The first kappa shape index (κ1) is 29.3. The number of nitrogens with one attached hydrogen (secondary N) is 1. The topological polar surface area (TPSA) is 132 Å². The van der Waals surface area contributed by atoms with Gasteiger partial charge in [-0.2, -0.15) is 0 Å². The molecule has 1 aromatic carbocycles. The van der Waals surface area contributed by atoms with Crippen molar-refractivity contribution in [2.24, 2.45) is 11.8 Å². The van der Waals surface area contributed by atoms with E-state index in [0.29, 0.717) is 18.9 Å². The minimum Gasteiger partial charge on any atom is -0.493 e. The number of methoxy groups -OCH3 is 1. The maximum absolute atomic E-state index is 13.3. The molecule has 1 aromatic heterocycles. The highest BCUT2D eigenvalue weighted by atomic mass is 16.7. The first-order valence-electron chi connectivity index (χ1n) is 13.4. The Balaban J connectivity index is 1.49. The predicted octanol–water partition coefficient (Wildman–Crippen LogP) is 2.70. The molecule has 0 radical (unpaired) electrons. The van der Waals surface area contributed by atoms with E-state index in [4.69, 9.17) is 28.4 Å². The largest absolute Gasteiger partial charge is 0.493 e. The van der Waals surface area contributed by atoms with Crippen LogP contribution in [0.15, 0.2) is 42.6 Å². The summed E-state index contributed by atoms with van der Waals surface area (Å²) in [5.41, 5.74) is 0.949. The fourth-order valence-corrected chi connectivity index (χ4v) is 4.44. The Morgan fingerprint density at radius 2 is 1.90 bits per heavy atom. The van der Waals surface area contributed by atoms with Crippen molar-refractivity contribution < 1.29 is 42.8 Å². The van der Waals surface area contributed by atoms with E-state index in [0.717, 1.165) is 18.4 Å². The maximum Gasteiger partial charge on any atom is 0.331 e. The van der Waals surface area contributed by atoms with E-state index in [2.05, 4.69) is 10.3 Å². The molecule has 4 atom stereocenters. The minimum atomic E-state index is -1.11. The Morgan fingerprint density at radius 1 is 1.12 bits per heavy atom. The van der Waals surface area contributed by atoms with E-state index >= 15 is 0 Å².